The smallest absolute Gasteiger partial charge is 0.166 e. The minimum atomic E-state index is 0.543. The Balaban J connectivity index is 0.774. The molecule has 0 aliphatic rings. The number of aromatic nitrogens is 10. The van der Waals surface area contributed by atoms with Crippen LogP contribution in [0.2, 0.25) is 0 Å². The summed E-state index contributed by atoms with van der Waals surface area (Å²) in [6, 6.07) is 129. The van der Waals surface area contributed by atoms with Gasteiger partial charge in [0.1, 0.15) is 0 Å². The molecule has 0 aliphatic carbocycles. The number of hydrogen-bond donors (Lipinski definition) is 0. The SMILES string of the molecule is c1ccc(-c2nc(-c3ccccc3)nc(-c3cc(-c4cccc(-c5ccc(-n6c7ccccc7c7cc(-n8c9ccccc9c9ccccc98)ccc76)c(-c6nc(-c7ccccc7)nc(-c7ccccc7)n6)c5)c4)cc(-n4c5ccccc5c5cc(-n6c7ccccc7c7ccccc76)ccc54)c3)n2)cc1. The van der Waals surface area contributed by atoms with Crippen LogP contribution in [0.3, 0.4) is 0 Å². The normalized spacial score (nSPS) is 11.8. The fraction of sp³-hybridized carbons (Fsp3) is 0. The van der Waals surface area contributed by atoms with Crippen LogP contribution in [-0.2, 0) is 0 Å². The molecule has 21 aromatic rings. The summed E-state index contributed by atoms with van der Waals surface area (Å²) < 4.78 is 9.59. The van der Waals surface area contributed by atoms with Crippen molar-refractivity contribution in [3.8, 4) is 113 Å². The topological polar surface area (TPSA) is 97.1 Å². The first-order chi connectivity index (χ1) is 52.5. The van der Waals surface area contributed by atoms with Crippen molar-refractivity contribution in [3.05, 3.63) is 364 Å². The van der Waals surface area contributed by atoms with Gasteiger partial charge in [0, 0.05) is 93.5 Å². The summed E-state index contributed by atoms with van der Waals surface area (Å²) in [6.07, 6.45) is 0. The van der Waals surface area contributed by atoms with E-state index >= 15 is 0 Å². The monoisotopic (exact) mass is 1350 g/mol. The lowest BCUT2D eigenvalue weighted by atomic mass is 9.95. The molecule has 15 aromatic carbocycles. The van der Waals surface area contributed by atoms with Crippen LogP contribution in [-0.4, -0.2) is 48.2 Å². The van der Waals surface area contributed by atoms with E-state index in [0.717, 1.165) is 144 Å². The molecule has 10 nitrogen and oxygen atoms in total. The van der Waals surface area contributed by atoms with E-state index in [2.05, 4.69) is 309 Å². The molecule has 0 radical (unpaired) electrons. The highest BCUT2D eigenvalue weighted by molar-refractivity contribution is 6.14. The summed E-state index contributed by atoms with van der Waals surface area (Å²) in [6.45, 7) is 0. The number of rotatable bonds is 12. The molecule has 0 spiro atoms. The van der Waals surface area contributed by atoms with Crippen LogP contribution >= 0.6 is 0 Å². The van der Waals surface area contributed by atoms with E-state index in [1.54, 1.807) is 0 Å². The van der Waals surface area contributed by atoms with Crippen molar-refractivity contribution in [3.63, 3.8) is 0 Å². The van der Waals surface area contributed by atoms with Gasteiger partial charge in [-0.25, -0.2) is 29.9 Å². The molecule has 494 valence electrons. The summed E-state index contributed by atoms with van der Waals surface area (Å²) in [5.41, 5.74) is 22.1. The average molecular weight is 1350 g/mol. The third-order valence-electron chi connectivity index (χ3n) is 20.8. The van der Waals surface area contributed by atoms with Gasteiger partial charge in [0.25, 0.3) is 0 Å². The second-order valence-electron chi connectivity index (χ2n) is 27.0. The van der Waals surface area contributed by atoms with Gasteiger partial charge in [0.2, 0.25) is 0 Å². The lowest BCUT2D eigenvalue weighted by molar-refractivity contribution is 1.06. The van der Waals surface area contributed by atoms with Gasteiger partial charge >= 0.3 is 0 Å². The Bertz CT molecular complexity index is 6850. The average Bonchev–Trinajstić information content (AvgIpc) is 1.62. The van der Waals surface area contributed by atoms with Crippen LogP contribution in [0.4, 0.5) is 0 Å². The van der Waals surface area contributed by atoms with Crippen LogP contribution in [0.15, 0.2) is 364 Å². The zero-order chi connectivity index (χ0) is 69.8. The van der Waals surface area contributed by atoms with Crippen molar-refractivity contribution in [2.45, 2.75) is 0 Å². The van der Waals surface area contributed by atoms with Gasteiger partial charge < -0.3 is 18.3 Å². The molecule has 0 aliphatic heterocycles. The van der Waals surface area contributed by atoms with Crippen molar-refractivity contribution in [2.75, 3.05) is 0 Å². The molecule has 0 saturated heterocycles. The molecule has 0 unspecified atom stereocenters. The van der Waals surface area contributed by atoms with Crippen LogP contribution in [0.5, 0.6) is 0 Å². The van der Waals surface area contributed by atoms with Crippen molar-refractivity contribution < 1.29 is 0 Å². The second kappa shape index (κ2) is 24.7. The van der Waals surface area contributed by atoms with E-state index in [9.17, 15) is 0 Å². The van der Waals surface area contributed by atoms with E-state index in [1.807, 2.05) is 72.8 Å². The van der Waals surface area contributed by atoms with E-state index in [0.29, 0.717) is 34.9 Å². The highest BCUT2D eigenvalue weighted by Crippen LogP contribution is 2.44. The molecule has 0 bridgehead atoms. The van der Waals surface area contributed by atoms with E-state index in [4.69, 9.17) is 29.9 Å². The molecule has 10 heteroatoms. The van der Waals surface area contributed by atoms with Crippen molar-refractivity contribution in [1.82, 2.24) is 48.2 Å². The Morgan fingerprint density at radius 2 is 0.434 bits per heavy atom. The molecule has 106 heavy (non-hydrogen) atoms. The number of benzene rings is 15. The third-order valence-corrected chi connectivity index (χ3v) is 20.8. The molecule has 0 N–H and O–H groups in total. The van der Waals surface area contributed by atoms with Crippen LogP contribution in [0.1, 0.15) is 0 Å². The maximum atomic E-state index is 5.49. The van der Waals surface area contributed by atoms with Crippen molar-refractivity contribution in [1.29, 1.82) is 0 Å². The first kappa shape index (κ1) is 60.3. The summed E-state index contributed by atoms with van der Waals surface area (Å²) in [4.78, 5) is 32.1. The molecule has 0 saturated carbocycles. The summed E-state index contributed by atoms with van der Waals surface area (Å²) in [7, 11) is 0. The molecule has 0 atom stereocenters. The summed E-state index contributed by atoms with van der Waals surface area (Å²) >= 11 is 0. The van der Waals surface area contributed by atoms with Gasteiger partial charge in [-0.1, -0.05) is 255 Å². The largest absolute Gasteiger partial charge is 0.309 e. The molecular weight excluding hydrogens is 1290 g/mol. The predicted molar refractivity (Wildman–Crippen MR) is 434 cm³/mol. The van der Waals surface area contributed by atoms with Gasteiger partial charge in [-0.15, -0.1) is 0 Å². The van der Waals surface area contributed by atoms with Gasteiger partial charge in [0.15, 0.2) is 34.9 Å². The molecule has 0 fully saturated rings. The van der Waals surface area contributed by atoms with Crippen LogP contribution in [0, 0.1) is 0 Å². The Hall–Kier alpha value is -14.5. The first-order valence-corrected chi connectivity index (χ1v) is 35.7. The van der Waals surface area contributed by atoms with E-state index in [-0.39, 0.29) is 0 Å². The summed E-state index contributed by atoms with van der Waals surface area (Å²) in [5, 5.41) is 9.41. The molecule has 21 rings (SSSR count). The van der Waals surface area contributed by atoms with Crippen molar-refractivity contribution >= 4 is 87.2 Å². The lowest BCUT2D eigenvalue weighted by Crippen LogP contribution is -2.04. The highest BCUT2D eigenvalue weighted by Gasteiger charge is 2.25. The number of fused-ring (bicyclic) bond motifs is 12. The van der Waals surface area contributed by atoms with Gasteiger partial charge in [0.05, 0.1) is 49.8 Å². The van der Waals surface area contributed by atoms with Gasteiger partial charge in [-0.3, -0.25) is 0 Å². The Kier molecular flexibility index (Phi) is 14.0. The summed E-state index contributed by atoms with van der Waals surface area (Å²) in [5.74, 6) is 3.42. The number of nitrogens with zero attached hydrogens (tertiary/aromatic N) is 10. The van der Waals surface area contributed by atoms with E-state index in [1.165, 1.54) is 21.5 Å². The fourth-order valence-electron chi connectivity index (χ4n) is 16.0. The molecule has 0 amide bonds. The minimum absolute atomic E-state index is 0.543. The standard InChI is InChI=1S/C96H60N10/c1-5-26-61(27-6-1)91-97-92(62-28-7-2-8-29-62)100-95(99-91)69-55-68(56-72(57-69)105-86-46-23-17-40-77(86)79-59-70(49-52-88(79)105)103-82-42-19-13-36-73(82)74-37-14-20-43-83(74)103)66-35-25-34-65(54-66)67-48-51-90(81(58-67)96-101-93(63-30-9-3-10-31-63)98-94(102-96)64-32-11-4-12-33-64)106-87-47-24-18-41-78(87)80-60-71(50-53-89(80)106)104-84-44-21-15-38-75(84)76-39-16-22-45-85(76)104/h1-60H. The maximum Gasteiger partial charge on any atom is 0.166 e. The van der Waals surface area contributed by atoms with Gasteiger partial charge in [-0.2, -0.15) is 0 Å². The fourth-order valence-corrected chi connectivity index (χ4v) is 16.0. The van der Waals surface area contributed by atoms with Crippen LogP contribution < -0.4 is 0 Å². The Morgan fingerprint density at radius 1 is 0.151 bits per heavy atom. The lowest BCUT2D eigenvalue weighted by Gasteiger charge is -2.17. The highest BCUT2D eigenvalue weighted by atomic mass is 15.1. The van der Waals surface area contributed by atoms with Gasteiger partial charge in [-0.05, 0) is 131 Å². The van der Waals surface area contributed by atoms with Crippen molar-refractivity contribution in [2.24, 2.45) is 0 Å². The molecular formula is C96H60N10. The minimum Gasteiger partial charge on any atom is -0.309 e. The number of hydrogen-bond acceptors (Lipinski definition) is 6. The second-order valence-corrected chi connectivity index (χ2v) is 27.0. The zero-order valence-electron chi connectivity index (χ0n) is 57.1. The quantitative estimate of drug-likeness (QED) is 0.121. The zero-order valence-corrected chi connectivity index (χ0v) is 57.1. The molecule has 6 aromatic heterocycles. The Morgan fingerprint density at radius 3 is 0.849 bits per heavy atom. The number of para-hydroxylation sites is 6. The van der Waals surface area contributed by atoms with Crippen LogP contribution in [0.25, 0.3) is 201 Å². The predicted octanol–water partition coefficient (Wildman–Crippen LogP) is 23.8. The molecule has 6 heterocycles. The van der Waals surface area contributed by atoms with E-state index < -0.39 is 0 Å². The third kappa shape index (κ3) is 10.0. The maximum absolute atomic E-state index is 5.49. The Labute approximate surface area is 609 Å². The first-order valence-electron chi connectivity index (χ1n) is 35.7.